The number of hydrogen-bond donors (Lipinski definition) is 2. The molecule has 0 spiro atoms. The maximum Gasteiger partial charge on any atom is 0.321 e. The fourth-order valence-corrected chi connectivity index (χ4v) is 2.78. The molecule has 1 aliphatic rings. The standard InChI is InChI=1S/C17H22FN5O3/c1-10(2)15-22-16(26-23-15)14(11-5-7-25-8-6-11)21-17(24)20-13-4-3-12(18)9-19-13/h3-4,9-11,14H,5-8H2,1-2H3,(H2,19,20,21,24). The van der Waals surface area contributed by atoms with Crippen LogP contribution in [0.2, 0.25) is 0 Å². The smallest absolute Gasteiger partial charge is 0.321 e. The quantitative estimate of drug-likeness (QED) is 0.847. The maximum absolute atomic E-state index is 12.9. The number of urea groups is 1. The number of pyridine rings is 1. The summed E-state index contributed by atoms with van der Waals surface area (Å²) >= 11 is 0. The zero-order valence-electron chi connectivity index (χ0n) is 14.7. The summed E-state index contributed by atoms with van der Waals surface area (Å²) in [6, 6.07) is 1.72. The second-order valence-electron chi connectivity index (χ2n) is 6.53. The van der Waals surface area contributed by atoms with E-state index < -0.39 is 17.9 Å². The summed E-state index contributed by atoms with van der Waals surface area (Å²) in [5.41, 5.74) is 0. The van der Waals surface area contributed by atoms with Gasteiger partial charge in [-0.1, -0.05) is 19.0 Å². The lowest BCUT2D eigenvalue weighted by Crippen LogP contribution is -2.38. The molecular weight excluding hydrogens is 341 g/mol. The van der Waals surface area contributed by atoms with Crippen molar-refractivity contribution in [3.05, 3.63) is 35.9 Å². The Morgan fingerprint density at radius 2 is 2.08 bits per heavy atom. The summed E-state index contributed by atoms with van der Waals surface area (Å²) in [6.45, 7) is 5.18. The van der Waals surface area contributed by atoms with Gasteiger partial charge < -0.3 is 14.6 Å². The number of nitrogens with zero attached hydrogens (tertiary/aromatic N) is 3. The summed E-state index contributed by atoms with van der Waals surface area (Å²) in [5.74, 6) is 1.00. The van der Waals surface area contributed by atoms with Gasteiger partial charge in [-0.05, 0) is 30.9 Å². The molecule has 0 aliphatic carbocycles. The Balaban J connectivity index is 1.73. The SMILES string of the molecule is CC(C)c1noc(C(NC(=O)Nc2ccc(F)cn2)C2CCOCC2)n1. The van der Waals surface area contributed by atoms with Crippen LogP contribution in [0, 0.1) is 11.7 Å². The van der Waals surface area contributed by atoms with Crippen LogP contribution in [0.3, 0.4) is 0 Å². The number of aromatic nitrogens is 3. The minimum Gasteiger partial charge on any atom is -0.381 e. The van der Waals surface area contributed by atoms with Crippen LogP contribution in [-0.4, -0.2) is 34.4 Å². The summed E-state index contributed by atoms with van der Waals surface area (Å²) < 4.78 is 23.7. The first-order chi connectivity index (χ1) is 12.5. The van der Waals surface area contributed by atoms with E-state index in [0.717, 1.165) is 19.0 Å². The van der Waals surface area contributed by atoms with E-state index in [2.05, 4.69) is 25.8 Å². The van der Waals surface area contributed by atoms with E-state index in [9.17, 15) is 9.18 Å². The first kappa shape index (κ1) is 18.2. The Morgan fingerprint density at radius 3 is 2.69 bits per heavy atom. The van der Waals surface area contributed by atoms with E-state index in [1.54, 1.807) is 0 Å². The molecule has 140 valence electrons. The summed E-state index contributed by atoms with van der Waals surface area (Å²) in [4.78, 5) is 20.6. The Bertz CT molecular complexity index is 728. The number of ether oxygens (including phenoxy) is 1. The molecule has 3 heterocycles. The number of halogens is 1. The number of rotatable bonds is 5. The molecule has 9 heteroatoms. The monoisotopic (exact) mass is 363 g/mol. The highest BCUT2D eigenvalue weighted by Gasteiger charge is 2.31. The van der Waals surface area contributed by atoms with Gasteiger partial charge in [0.15, 0.2) is 5.82 Å². The maximum atomic E-state index is 12.9. The highest BCUT2D eigenvalue weighted by molar-refractivity contribution is 5.88. The minimum atomic E-state index is -0.469. The Labute approximate surface area is 150 Å². The van der Waals surface area contributed by atoms with Gasteiger partial charge in [0.1, 0.15) is 17.7 Å². The zero-order valence-corrected chi connectivity index (χ0v) is 14.7. The molecule has 1 aliphatic heterocycles. The minimum absolute atomic E-state index is 0.121. The van der Waals surface area contributed by atoms with Crippen molar-refractivity contribution in [1.82, 2.24) is 20.4 Å². The molecule has 26 heavy (non-hydrogen) atoms. The lowest BCUT2D eigenvalue weighted by molar-refractivity contribution is 0.0506. The number of hydrogen-bond acceptors (Lipinski definition) is 6. The van der Waals surface area contributed by atoms with Crippen LogP contribution in [0.5, 0.6) is 0 Å². The largest absolute Gasteiger partial charge is 0.381 e. The number of amides is 2. The van der Waals surface area contributed by atoms with Gasteiger partial charge in [0.05, 0.1) is 6.20 Å². The van der Waals surface area contributed by atoms with Crippen molar-refractivity contribution in [2.45, 2.75) is 38.6 Å². The molecule has 2 aromatic rings. The summed E-state index contributed by atoms with van der Waals surface area (Å²) in [6.07, 6.45) is 2.59. The van der Waals surface area contributed by atoms with E-state index in [4.69, 9.17) is 9.26 Å². The van der Waals surface area contributed by atoms with E-state index in [1.807, 2.05) is 13.8 Å². The first-order valence-electron chi connectivity index (χ1n) is 8.63. The third-order valence-electron chi connectivity index (χ3n) is 4.23. The average Bonchev–Trinajstić information content (AvgIpc) is 3.12. The second-order valence-corrected chi connectivity index (χ2v) is 6.53. The molecule has 0 radical (unpaired) electrons. The molecule has 1 fully saturated rings. The molecular formula is C17H22FN5O3. The van der Waals surface area contributed by atoms with Crippen molar-refractivity contribution in [2.75, 3.05) is 18.5 Å². The molecule has 2 aromatic heterocycles. The van der Waals surface area contributed by atoms with Crippen LogP contribution in [0.4, 0.5) is 15.0 Å². The highest BCUT2D eigenvalue weighted by atomic mass is 19.1. The van der Waals surface area contributed by atoms with Gasteiger partial charge in [-0.2, -0.15) is 4.98 Å². The molecule has 2 N–H and O–H groups in total. The van der Waals surface area contributed by atoms with Gasteiger partial charge in [-0.15, -0.1) is 0 Å². The van der Waals surface area contributed by atoms with E-state index in [1.165, 1.54) is 12.1 Å². The third-order valence-corrected chi connectivity index (χ3v) is 4.23. The van der Waals surface area contributed by atoms with Crippen LogP contribution in [-0.2, 0) is 4.74 Å². The molecule has 0 saturated carbocycles. The van der Waals surface area contributed by atoms with E-state index in [-0.39, 0.29) is 17.7 Å². The number of nitrogens with one attached hydrogen (secondary N) is 2. The fourth-order valence-electron chi connectivity index (χ4n) is 2.78. The van der Waals surface area contributed by atoms with Gasteiger partial charge in [0.25, 0.3) is 0 Å². The Morgan fingerprint density at radius 1 is 1.31 bits per heavy atom. The predicted molar refractivity (Wildman–Crippen MR) is 91.0 cm³/mol. The number of carbonyl (C=O) groups is 1. The lowest BCUT2D eigenvalue weighted by Gasteiger charge is -2.28. The normalized spacial score (nSPS) is 16.5. The predicted octanol–water partition coefficient (Wildman–Crippen LogP) is 3.02. The second kappa shape index (κ2) is 8.22. The fraction of sp³-hybridized carbons (Fsp3) is 0.529. The van der Waals surface area contributed by atoms with Crippen molar-refractivity contribution in [1.29, 1.82) is 0 Å². The third kappa shape index (κ3) is 4.54. The molecule has 0 aromatic carbocycles. The molecule has 3 rings (SSSR count). The van der Waals surface area contributed by atoms with Crippen LogP contribution in [0.25, 0.3) is 0 Å². The molecule has 0 bridgehead atoms. The van der Waals surface area contributed by atoms with Gasteiger partial charge in [-0.25, -0.2) is 14.2 Å². The van der Waals surface area contributed by atoms with E-state index >= 15 is 0 Å². The summed E-state index contributed by atoms with van der Waals surface area (Å²) in [7, 11) is 0. The summed E-state index contributed by atoms with van der Waals surface area (Å²) in [5, 5.41) is 9.46. The van der Waals surface area contributed by atoms with E-state index in [0.29, 0.717) is 24.9 Å². The van der Waals surface area contributed by atoms with Crippen molar-refractivity contribution in [3.8, 4) is 0 Å². The van der Waals surface area contributed by atoms with Crippen molar-refractivity contribution in [3.63, 3.8) is 0 Å². The van der Waals surface area contributed by atoms with Gasteiger partial charge in [0, 0.05) is 19.1 Å². The van der Waals surface area contributed by atoms with Gasteiger partial charge in [0.2, 0.25) is 5.89 Å². The molecule has 1 atom stereocenters. The van der Waals surface area contributed by atoms with Crippen molar-refractivity contribution >= 4 is 11.8 Å². The van der Waals surface area contributed by atoms with Crippen LogP contribution in [0.15, 0.2) is 22.9 Å². The topological polar surface area (TPSA) is 102 Å². The lowest BCUT2D eigenvalue weighted by atomic mass is 9.91. The molecule has 1 unspecified atom stereocenters. The van der Waals surface area contributed by atoms with Gasteiger partial charge in [-0.3, -0.25) is 5.32 Å². The van der Waals surface area contributed by atoms with Crippen LogP contribution < -0.4 is 10.6 Å². The Kier molecular flexibility index (Phi) is 5.77. The Hall–Kier alpha value is -2.55. The average molecular weight is 363 g/mol. The van der Waals surface area contributed by atoms with Gasteiger partial charge >= 0.3 is 6.03 Å². The first-order valence-corrected chi connectivity index (χ1v) is 8.63. The molecule has 8 nitrogen and oxygen atoms in total. The van der Waals surface area contributed by atoms with Crippen LogP contribution in [0.1, 0.15) is 50.4 Å². The highest BCUT2D eigenvalue weighted by Crippen LogP contribution is 2.30. The molecule has 1 saturated heterocycles. The zero-order chi connectivity index (χ0) is 18.5. The van der Waals surface area contributed by atoms with Crippen molar-refractivity contribution in [2.24, 2.45) is 5.92 Å². The number of carbonyl (C=O) groups excluding carboxylic acids is 1. The van der Waals surface area contributed by atoms with Crippen molar-refractivity contribution < 1.29 is 18.4 Å². The number of anilines is 1. The van der Waals surface area contributed by atoms with Crippen LogP contribution >= 0.6 is 0 Å². The molecule has 2 amide bonds.